The minimum Gasteiger partial charge on any atom is -0.477 e. The second-order valence-electron chi connectivity index (χ2n) is 9.12. The fourth-order valence-electron chi connectivity index (χ4n) is 5.03. The SMILES string of the molecule is Nc1nc(/C(=N/O)C(=O)N[C@H]2C(=O)N3C(C(=O)O)=C(/C=C4\CCN(c5cccc([N+](=O)[O-])c5)C4=O)CC[C@@H]23)cs1. The Morgan fingerprint density at radius 3 is 2.73 bits per heavy atom. The number of aliphatic carboxylic acids is 1. The summed E-state index contributed by atoms with van der Waals surface area (Å²) in [7, 11) is 0. The largest absolute Gasteiger partial charge is 0.477 e. The van der Waals surface area contributed by atoms with Gasteiger partial charge in [0.1, 0.15) is 17.4 Å². The van der Waals surface area contributed by atoms with Crippen LogP contribution in [-0.2, 0) is 19.2 Å². The summed E-state index contributed by atoms with van der Waals surface area (Å²) >= 11 is 1.03. The first kappa shape index (κ1) is 26.5. The van der Waals surface area contributed by atoms with Gasteiger partial charge in [-0.05, 0) is 37.0 Å². The number of nitrogens with one attached hydrogen (secondary N) is 1. The number of carboxylic acid groups (broad SMARTS) is 1. The number of carbonyl (C=O) groups excluding carboxylic acids is 3. The predicted octanol–water partition coefficient (Wildman–Crippen LogP) is 1.00. The normalized spacial score (nSPS) is 21.9. The highest BCUT2D eigenvalue weighted by atomic mass is 32.1. The molecular weight excluding hydrogens is 546 g/mol. The van der Waals surface area contributed by atoms with Crippen LogP contribution in [0.3, 0.4) is 0 Å². The Kier molecular flexibility index (Phi) is 6.76. The first-order valence-corrected chi connectivity index (χ1v) is 12.8. The summed E-state index contributed by atoms with van der Waals surface area (Å²) in [4.78, 5) is 67.9. The van der Waals surface area contributed by atoms with Gasteiger partial charge in [-0.3, -0.25) is 29.4 Å². The van der Waals surface area contributed by atoms with Gasteiger partial charge in [-0.25, -0.2) is 9.78 Å². The summed E-state index contributed by atoms with van der Waals surface area (Å²) in [5.41, 5.74) is 5.63. The van der Waals surface area contributed by atoms with Crippen molar-refractivity contribution in [3.05, 3.63) is 68.4 Å². The number of benzene rings is 1. The first-order valence-electron chi connectivity index (χ1n) is 11.9. The van der Waals surface area contributed by atoms with Gasteiger partial charge in [0, 0.05) is 29.6 Å². The molecule has 0 spiro atoms. The van der Waals surface area contributed by atoms with Crippen molar-refractivity contribution in [2.24, 2.45) is 5.16 Å². The summed E-state index contributed by atoms with van der Waals surface area (Å²) in [5, 5.41) is 37.4. The maximum Gasteiger partial charge on any atom is 0.352 e. The molecular formula is C24H21N7O8S. The Labute approximate surface area is 229 Å². The fraction of sp³-hybridized carbons (Fsp3) is 0.250. The van der Waals surface area contributed by atoms with E-state index in [1.165, 1.54) is 34.6 Å². The molecule has 16 heteroatoms. The van der Waals surface area contributed by atoms with Crippen molar-refractivity contribution in [2.75, 3.05) is 17.2 Å². The topological polar surface area (TPSA) is 222 Å². The van der Waals surface area contributed by atoms with Gasteiger partial charge in [0.05, 0.1) is 16.7 Å². The number of β-lactam (4-membered cyclic amide) rings is 1. The van der Waals surface area contributed by atoms with Gasteiger partial charge >= 0.3 is 5.97 Å². The molecule has 5 rings (SSSR count). The average Bonchev–Trinajstić information content (AvgIpc) is 3.52. The van der Waals surface area contributed by atoms with E-state index < -0.39 is 46.4 Å². The molecule has 15 nitrogen and oxygen atoms in total. The van der Waals surface area contributed by atoms with E-state index >= 15 is 0 Å². The summed E-state index contributed by atoms with van der Waals surface area (Å²) < 4.78 is 0. The number of carbonyl (C=O) groups is 4. The van der Waals surface area contributed by atoms with Crippen molar-refractivity contribution in [1.29, 1.82) is 0 Å². The van der Waals surface area contributed by atoms with E-state index in [9.17, 15) is 39.6 Å². The molecule has 3 aliphatic rings. The smallest absolute Gasteiger partial charge is 0.352 e. The highest BCUT2D eigenvalue weighted by Gasteiger charge is 2.53. The number of nitro groups is 1. The molecule has 2 atom stereocenters. The molecule has 5 N–H and O–H groups in total. The Morgan fingerprint density at radius 1 is 1.30 bits per heavy atom. The average molecular weight is 568 g/mol. The van der Waals surface area contributed by atoms with Crippen LogP contribution < -0.4 is 16.0 Å². The molecule has 2 saturated heterocycles. The first-order chi connectivity index (χ1) is 19.1. The third-order valence-electron chi connectivity index (χ3n) is 6.87. The van der Waals surface area contributed by atoms with Gasteiger partial charge in [0.2, 0.25) is 0 Å². The summed E-state index contributed by atoms with van der Waals surface area (Å²) in [6, 6.07) is 3.94. The van der Waals surface area contributed by atoms with Crippen molar-refractivity contribution in [2.45, 2.75) is 31.3 Å². The van der Waals surface area contributed by atoms with Gasteiger partial charge in [0.25, 0.3) is 23.4 Å². The van der Waals surface area contributed by atoms with Crippen molar-refractivity contribution < 1.29 is 34.4 Å². The van der Waals surface area contributed by atoms with Crippen LogP contribution in [0.1, 0.15) is 25.0 Å². The van der Waals surface area contributed by atoms with Gasteiger partial charge in [0.15, 0.2) is 10.8 Å². The van der Waals surface area contributed by atoms with Crippen molar-refractivity contribution in [3.8, 4) is 0 Å². The van der Waals surface area contributed by atoms with Gasteiger partial charge in [-0.2, -0.15) is 0 Å². The number of nitrogens with two attached hydrogens (primary N) is 1. The van der Waals surface area contributed by atoms with E-state index in [1.807, 2.05) is 0 Å². The number of nitro benzene ring substituents is 1. The van der Waals surface area contributed by atoms with Gasteiger partial charge < -0.3 is 26.3 Å². The van der Waals surface area contributed by atoms with E-state index in [-0.39, 0.29) is 47.2 Å². The maximum atomic E-state index is 13.1. The van der Waals surface area contributed by atoms with E-state index in [1.54, 1.807) is 6.07 Å². The second-order valence-corrected chi connectivity index (χ2v) is 10.0. The summed E-state index contributed by atoms with van der Waals surface area (Å²) in [6.07, 6.45) is 2.24. The number of allylic oxidation sites excluding steroid dienone is 2. The maximum absolute atomic E-state index is 13.1. The number of carboxylic acids is 1. The number of fused-ring (bicyclic) bond motifs is 1. The predicted molar refractivity (Wildman–Crippen MR) is 139 cm³/mol. The molecule has 4 heterocycles. The quantitative estimate of drug-likeness (QED) is 0.0928. The molecule has 0 aliphatic carbocycles. The molecule has 1 aromatic heterocycles. The van der Waals surface area contributed by atoms with Crippen LogP contribution in [0.2, 0.25) is 0 Å². The van der Waals surface area contributed by atoms with Crippen LogP contribution in [-0.4, -0.2) is 73.2 Å². The zero-order valence-electron chi connectivity index (χ0n) is 20.5. The van der Waals surface area contributed by atoms with E-state index in [2.05, 4.69) is 15.5 Å². The molecule has 0 bridgehead atoms. The number of hydrogen-bond donors (Lipinski definition) is 4. The highest BCUT2D eigenvalue weighted by Crippen LogP contribution is 2.38. The number of hydrogen-bond acceptors (Lipinski definition) is 11. The van der Waals surface area contributed by atoms with Crippen LogP contribution in [0.15, 0.2) is 57.7 Å². The lowest BCUT2D eigenvalue weighted by molar-refractivity contribution is -0.384. The summed E-state index contributed by atoms with van der Waals surface area (Å²) in [6.45, 7) is 0.250. The zero-order valence-corrected chi connectivity index (χ0v) is 21.3. The zero-order chi connectivity index (χ0) is 28.7. The van der Waals surface area contributed by atoms with Crippen LogP contribution in [0.4, 0.5) is 16.5 Å². The Hall–Kier alpha value is -5.12. The third kappa shape index (κ3) is 4.53. The van der Waals surface area contributed by atoms with Crippen LogP contribution in [0.5, 0.6) is 0 Å². The number of thiazole rings is 1. The van der Waals surface area contributed by atoms with Crippen molar-refractivity contribution in [1.82, 2.24) is 15.2 Å². The number of aromatic nitrogens is 1. The molecule has 40 heavy (non-hydrogen) atoms. The van der Waals surface area contributed by atoms with E-state index in [0.29, 0.717) is 17.7 Å². The van der Waals surface area contributed by atoms with Crippen LogP contribution >= 0.6 is 11.3 Å². The molecule has 206 valence electrons. The number of nitrogen functional groups attached to an aromatic ring is 1. The molecule has 3 aliphatic heterocycles. The molecule has 0 radical (unpaired) electrons. The lowest BCUT2D eigenvalue weighted by Crippen LogP contribution is -2.72. The minimum absolute atomic E-state index is 0.0233. The second kappa shape index (κ2) is 10.2. The number of non-ortho nitro benzene ring substituents is 1. The molecule has 1 aromatic carbocycles. The van der Waals surface area contributed by atoms with E-state index in [0.717, 1.165) is 16.2 Å². The lowest BCUT2D eigenvalue weighted by Gasteiger charge is -2.50. The minimum atomic E-state index is -1.37. The fourth-order valence-corrected chi connectivity index (χ4v) is 5.58. The number of amides is 3. The number of anilines is 2. The van der Waals surface area contributed by atoms with Crippen molar-refractivity contribution >= 4 is 57.2 Å². The monoisotopic (exact) mass is 567 g/mol. The molecule has 0 unspecified atom stereocenters. The van der Waals surface area contributed by atoms with Gasteiger partial charge in [-0.15, -0.1) is 11.3 Å². The molecule has 0 saturated carbocycles. The number of rotatable bonds is 7. The van der Waals surface area contributed by atoms with Gasteiger partial charge in [-0.1, -0.05) is 11.2 Å². The lowest BCUT2D eigenvalue weighted by atomic mass is 9.82. The highest BCUT2D eigenvalue weighted by molar-refractivity contribution is 7.13. The molecule has 2 aromatic rings. The molecule has 2 fully saturated rings. The van der Waals surface area contributed by atoms with Crippen LogP contribution in [0.25, 0.3) is 0 Å². The Balaban J connectivity index is 1.35. The van der Waals surface area contributed by atoms with Crippen molar-refractivity contribution in [3.63, 3.8) is 0 Å². The third-order valence-corrected chi connectivity index (χ3v) is 7.54. The summed E-state index contributed by atoms with van der Waals surface area (Å²) in [5.74, 6) is -3.33. The Morgan fingerprint density at radius 2 is 2.08 bits per heavy atom. The number of oxime groups is 1. The molecule has 3 amide bonds. The standard InChI is InChI=1S/C24H21N7O8S/c25-24-26-15(10-40-24)17(28-37)20(32)27-18-16-5-4-11(19(23(35)36)30(16)22(18)34)8-12-6-7-29(21(12)33)13-2-1-3-14(9-13)31(38)39/h1-3,8-10,16,18,37H,4-7H2,(H2,25,26)(H,27,32)(H,35,36)/b12-8+,28-17-/t16-,18+/m0/s1. The van der Waals surface area contributed by atoms with Crippen LogP contribution in [0, 0.1) is 10.1 Å². The Bertz CT molecular complexity index is 1560. The number of nitrogens with zero attached hydrogens (tertiary/aromatic N) is 5. The van der Waals surface area contributed by atoms with E-state index in [4.69, 9.17) is 5.73 Å².